The lowest BCUT2D eigenvalue weighted by Gasteiger charge is -2.26. The largest absolute Gasteiger partial charge is 0.545 e. The number of carbonyl (C=O) groups is 4. The molecule has 1 N–H and O–H groups in total. The zero-order chi connectivity index (χ0) is 23.0. The van der Waals surface area contributed by atoms with Crippen LogP contribution in [0.5, 0.6) is 0 Å². The molecule has 160 valence electrons. The molecular formula is C24H17N2O6-. The average Bonchev–Trinajstić information content (AvgIpc) is 3.19. The fourth-order valence-corrected chi connectivity index (χ4v) is 3.47. The summed E-state index contributed by atoms with van der Waals surface area (Å²) in [6.45, 7) is 3.68. The third-order valence-electron chi connectivity index (χ3n) is 4.88. The number of hydrogen-bond acceptors (Lipinski definition) is 6. The highest BCUT2D eigenvalue weighted by Crippen LogP contribution is 2.27. The number of hydrogen-bond donors (Lipinski definition) is 1. The van der Waals surface area contributed by atoms with E-state index in [1.165, 1.54) is 18.2 Å². The van der Waals surface area contributed by atoms with Crippen LogP contribution in [0.15, 0.2) is 64.6 Å². The minimum Gasteiger partial charge on any atom is -0.545 e. The second kappa shape index (κ2) is 7.99. The Bertz CT molecular complexity index is 1280. The van der Waals surface area contributed by atoms with Crippen LogP contribution in [0.25, 0.3) is 17.4 Å². The van der Waals surface area contributed by atoms with Crippen LogP contribution in [0.1, 0.15) is 27.2 Å². The van der Waals surface area contributed by atoms with E-state index in [-0.39, 0.29) is 16.9 Å². The maximum absolute atomic E-state index is 13.0. The number of benzene rings is 2. The maximum Gasteiger partial charge on any atom is 0.335 e. The first-order chi connectivity index (χ1) is 15.2. The molecule has 1 saturated heterocycles. The number of barbiturate groups is 1. The van der Waals surface area contributed by atoms with E-state index < -0.39 is 23.8 Å². The molecule has 0 bridgehead atoms. The molecule has 8 nitrogen and oxygen atoms in total. The summed E-state index contributed by atoms with van der Waals surface area (Å²) >= 11 is 0. The fraction of sp³-hybridized carbons (Fsp3) is 0.0833. The van der Waals surface area contributed by atoms with Crippen LogP contribution in [0.2, 0.25) is 0 Å². The van der Waals surface area contributed by atoms with Crippen molar-refractivity contribution in [2.45, 2.75) is 13.8 Å². The molecule has 2 heterocycles. The highest BCUT2D eigenvalue weighted by molar-refractivity contribution is 6.39. The molecule has 0 unspecified atom stereocenters. The van der Waals surface area contributed by atoms with Gasteiger partial charge in [0, 0.05) is 5.56 Å². The van der Waals surface area contributed by atoms with Gasteiger partial charge in [0.15, 0.2) is 0 Å². The van der Waals surface area contributed by atoms with Crippen LogP contribution in [0.4, 0.5) is 10.5 Å². The molecule has 1 aliphatic rings. The number of imide groups is 2. The molecular weight excluding hydrogens is 412 g/mol. The molecule has 0 saturated carbocycles. The molecule has 0 aliphatic carbocycles. The van der Waals surface area contributed by atoms with Gasteiger partial charge in [-0.15, -0.1) is 0 Å². The zero-order valence-corrected chi connectivity index (χ0v) is 17.2. The van der Waals surface area contributed by atoms with E-state index >= 15 is 0 Å². The summed E-state index contributed by atoms with van der Waals surface area (Å²) in [4.78, 5) is 49.6. The number of nitrogens with one attached hydrogen (secondary N) is 1. The van der Waals surface area contributed by atoms with E-state index in [2.05, 4.69) is 5.32 Å². The van der Waals surface area contributed by atoms with Gasteiger partial charge in [-0.05, 0) is 60.9 Å². The van der Waals surface area contributed by atoms with Gasteiger partial charge in [-0.1, -0.05) is 30.3 Å². The lowest BCUT2D eigenvalue weighted by atomic mass is 10.1. The van der Waals surface area contributed by atoms with Crippen molar-refractivity contribution in [1.29, 1.82) is 0 Å². The van der Waals surface area contributed by atoms with Crippen molar-refractivity contribution in [3.8, 4) is 11.3 Å². The number of urea groups is 1. The second-order valence-electron chi connectivity index (χ2n) is 7.37. The molecule has 1 aromatic heterocycles. The molecule has 1 fully saturated rings. The van der Waals surface area contributed by atoms with Gasteiger partial charge >= 0.3 is 6.03 Å². The number of carbonyl (C=O) groups excluding carboxylic acids is 4. The van der Waals surface area contributed by atoms with Gasteiger partial charge in [0.05, 0.1) is 11.7 Å². The van der Waals surface area contributed by atoms with E-state index in [1.807, 2.05) is 19.9 Å². The molecule has 32 heavy (non-hydrogen) atoms. The Morgan fingerprint density at radius 1 is 0.969 bits per heavy atom. The number of aromatic carboxylic acids is 1. The van der Waals surface area contributed by atoms with E-state index in [1.54, 1.807) is 36.4 Å². The van der Waals surface area contributed by atoms with Crippen molar-refractivity contribution in [1.82, 2.24) is 5.32 Å². The average molecular weight is 429 g/mol. The molecule has 4 rings (SSSR count). The van der Waals surface area contributed by atoms with Crippen molar-refractivity contribution in [3.63, 3.8) is 0 Å². The Morgan fingerprint density at radius 2 is 1.62 bits per heavy atom. The Balaban J connectivity index is 1.66. The summed E-state index contributed by atoms with van der Waals surface area (Å²) in [6.07, 6.45) is 1.26. The topological polar surface area (TPSA) is 120 Å². The Morgan fingerprint density at radius 3 is 2.25 bits per heavy atom. The number of nitrogens with zero attached hydrogens (tertiary/aromatic N) is 1. The highest BCUT2D eigenvalue weighted by atomic mass is 16.4. The van der Waals surface area contributed by atoms with Crippen LogP contribution in [0, 0.1) is 13.8 Å². The second-order valence-corrected chi connectivity index (χ2v) is 7.37. The van der Waals surface area contributed by atoms with Gasteiger partial charge in [0.25, 0.3) is 11.8 Å². The van der Waals surface area contributed by atoms with Crippen molar-refractivity contribution < 1.29 is 28.7 Å². The Labute approximate surface area is 182 Å². The lowest BCUT2D eigenvalue weighted by Crippen LogP contribution is -2.54. The van der Waals surface area contributed by atoms with Crippen molar-refractivity contribution in [2.75, 3.05) is 4.90 Å². The standard InChI is InChI=1S/C24H18N2O6/c1-13-9-14(2)11-17(10-13)26-22(28)19(21(27)25-24(26)31)12-18-7-8-20(32-18)15-3-5-16(6-4-15)23(29)30/h3-12H,1-2H3,(H,29,30)(H,25,27,31)/p-1/b19-12+. The lowest BCUT2D eigenvalue weighted by molar-refractivity contribution is -0.255. The highest BCUT2D eigenvalue weighted by Gasteiger charge is 2.37. The number of carboxylic acid groups (broad SMARTS) is 1. The van der Waals surface area contributed by atoms with Gasteiger partial charge in [-0.2, -0.15) is 0 Å². The summed E-state index contributed by atoms with van der Waals surface area (Å²) in [5.74, 6) is -2.24. The number of rotatable bonds is 4. The number of anilines is 1. The number of furan rings is 1. The summed E-state index contributed by atoms with van der Waals surface area (Å²) < 4.78 is 5.70. The van der Waals surface area contributed by atoms with Crippen LogP contribution in [-0.4, -0.2) is 23.8 Å². The minimum absolute atomic E-state index is 0.0308. The van der Waals surface area contributed by atoms with Gasteiger partial charge in [0.1, 0.15) is 17.1 Å². The Kier molecular flexibility index (Phi) is 5.19. The predicted octanol–water partition coefficient (Wildman–Crippen LogP) is 2.59. The third-order valence-corrected chi connectivity index (χ3v) is 4.88. The molecule has 4 amide bonds. The van der Waals surface area contributed by atoms with Crippen molar-refractivity contribution in [3.05, 3.63) is 82.6 Å². The molecule has 8 heteroatoms. The zero-order valence-electron chi connectivity index (χ0n) is 17.2. The van der Waals surface area contributed by atoms with Gasteiger partial charge in [-0.3, -0.25) is 14.9 Å². The number of aryl methyl sites for hydroxylation is 2. The van der Waals surface area contributed by atoms with Gasteiger partial charge in [0.2, 0.25) is 0 Å². The normalized spacial score (nSPS) is 15.2. The summed E-state index contributed by atoms with van der Waals surface area (Å²) in [6, 6.07) is 13.5. The smallest absolute Gasteiger partial charge is 0.335 e. The summed E-state index contributed by atoms with van der Waals surface area (Å²) in [5, 5.41) is 13.1. The van der Waals surface area contributed by atoms with E-state index in [9.17, 15) is 24.3 Å². The molecule has 3 aromatic rings. The van der Waals surface area contributed by atoms with Crippen LogP contribution in [-0.2, 0) is 9.59 Å². The van der Waals surface area contributed by atoms with Gasteiger partial charge < -0.3 is 14.3 Å². The van der Waals surface area contributed by atoms with Gasteiger partial charge in [-0.25, -0.2) is 9.69 Å². The summed E-state index contributed by atoms with van der Waals surface area (Å²) in [7, 11) is 0. The van der Waals surface area contributed by atoms with E-state index in [4.69, 9.17) is 4.42 Å². The quantitative estimate of drug-likeness (QED) is 0.503. The molecule has 1 aliphatic heterocycles. The fourth-order valence-electron chi connectivity index (χ4n) is 3.47. The predicted molar refractivity (Wildman–Crippen MR) is 113 cm³/mol. The van der Waals surface area contributed by atoms with E-state index in [0.29, 0.717) is 17.0 Å². The van der Waals surface area contributed by atoms with Crippen LogP contribution in [0.3, 0.4) is 0 Å². The molecule has 2 aromatic carbocycles. The molecule has 0 spiro atoms. The summed E-state index contributed by atoms with van der Waals surface area (Å²) in [5.41, 5.74) is 2.47. The molecule has 0 radical (unpaired) electrons. The SMILES string of the molecule is Cc1cc(C)cc(N2C(=O)NC(=O)/C(=C\c3ccc(-c4ccc(C(=O)[O-])cc4)o3)C2=O)c1. The number of amides is 4. The van der Waals surface area contributed by atoms with E-state index in [0.717, 1.165) is 16.0 Å². The first-order valence-electron chi connectivity index (χ1n) is 9.64. The van der Waals surface area contributed by atoms with Crippen molar-refractivity contribution in [2.24, 2.45) is 0 Å². The van der Waals surface area contributed by atoms with Crippen molar-refractivity contribution >= 4 is 35.6 Å². The maximum atomic E-state index is 13.0. The molecule has 0 atom stereocenters. The number of carboxylic acids is 1. The Hall–Kier alpha value is -4.46. The third kappa shape index (κ3) is 3.93. The first kappa shape index (κ1) is 20.8. The monoisotopic (exact) mass is 429 g/mol. The van der Waals surface area contributed by atoms with Crippen LogP contribution < -0.4 is 15.3 Å². The minimum atomic E-state index is -1.29. The van der Waals surface area contributed by atoms with Crippen LogP contribution >= 0.6 is 0 Å². The first-order valence-corrected chi connectivity index (χ1v) is 9.64.